The van der Waals surface area contributed by atoms with E-state index in [0.29, 0.717) is 13.1 Å². The summed E-state index contributed by atoms with van der Waals surface area (Å²) in [7, 11) is 1.92. The fraction of sp³-hybridized carbons (Fsp3) is 0.421. The molecule has 3 amide bonds. The Morgan fingerprint density at radius 3 is 2.93 bits per heavy atom. The van der Waals surface area contributed by atoms with Gasteiger partial charge >= 0.3 is 6.03 Å². The fourth-order valence-electron chi connectivity index (χ4n) is 3.53. The zero-order valence-corrected chi connectivity index (χ0v) is 15.7. The van der Waals surface area contributed by atoms with Gasteiger partial charge in [0.25, 0.3) is 0 Å². The molecule has 1 aromatic carbocycles. The highest BCUT2D eigenvalue weighted by Gasteiger charge is 2.32. The van der Waals surface area contributed by atoms with Gasteiger partial charge in [-0.05, 0) is 12.5 Å². The van der Waals surface area contributed by atoms with Crippen LogP contribution >= 0.6 is 0 Å². The summed E-state index contributed by atoms with van der Waals surface area (Å²) in [6.07, 6.45) is 3.75. The van der Waals surface area contributed by atoms with Gasteiger partial charge in [0.1, 0.15) is 11.9 Å². The molecule has 0 saturated carbocycles. The van der Waals surface area contributed by atoms with Gasteiger partial charge in [0.05, 0.1) is 12.5 Å². The Bertz CT molecular complexity index is 818. The van der Waals surface area contributed by atoms with Crippen LogP contribution in [0.3, 0.4) is 0 Å². The highest BCUT2D eigenvalue weighted by atomic mass is 16.2. The Kier molecular flexibility index (Phi) is 5.75. The molecule has 0 radical (unpaired) electrons. The zero-order valence-electron chi connectivity index (χ0n) is 15.7. The van der Waals surface area contributed by atoms with Gasteiger partial charge in [-0.2, -0.15) is 0 Å². The first-order valence-corrected chi connectivity index (χ1v) is 9.05. The van der Waals surface area contributed by atoms with Crippen LogP contribution in [0.2, 0.25) is 0 Å². The zero-order chi connectivity index (χ0) is 19.4. The van der Waals surface area contributed by atoms with E-state index in [2.05, 4.69) is 15.6 Å². The number of amides is 3. The van der Waals surface area contributed by atoms with E-state index in [4.69, 9.17) is 5.73 Å². The molecule has 0 aliphatic carbocycles. The number of imidazole rings is 1. The van der Waals surface area contributed by atoms with E-state index in [9.17, 15) is 9.59 Å². The van der Waals surface area contributed by atoms with Gasteiger partial charge in [0.2, 0.25) is 5.91 Å². The van der Waals surface area contributed by atoms with Crippen molar-refractivity contribution in [2.45, 2.75) is 25.4 Å². The summed E-state index contributed by atoms with van der Waals surface area (Å²) >= 11 is 0. The summed E-state index contributed by atoms with van der Waals surface area (Å²) < 4.78 is 1.93. The van der Waals surface area contributed by atoms with Crippen LogP contribution < -0.4 is 16.4 Å². The van der Waals surface area contributed by atoms with Crippen LogP contribution in [0, 0.1) is 6.92 Å². The molecule has 2 unspecified atom stereocenters. The molecule has 8 heteroatoms. The van der Waals surface area contributed by atoms with Gasteiger partial charge in [-0.25, -0.2) is 9.78 Å². The van der Waals surface area contributed by atoms with Gasteiger partial charge in [-0.15, -0.1) is 0 Å². The molecule has 3 rings (SSSR count). The number of hydrogen-bond donors (Lipinski definition) is 3. The predicted molar refractivity (Wildman–Crippen MR) is 102 cm³/mol. The summed E-state index contributed by atoms with van der Waals surface area (Å²) in [5.41, 5.74) is 7.27. The number of benzene rings is 1. The van der Waals surface area contributed by atoms with Crippen molar-refractivity contribution in [1.29, 1.82) is 0 Å². The van der Waals surface area contributed by atoms with E-state index < -0.39 is 12.1 Å². The lowest BCUT2D eigenvalue weighted by Gasteiger charge is -2.36. The monoisotopic (exact) mass is 370 g/mol. The Balaban J connectivity index is 1.81. The molecule has 1 aliphatic rings. The maximum Gasteiger partial charge on any atom is 0.312 e. The third-order valence-electron chi connectivity index (χ3n) is 4.86. The highest BCUT2D eigenvalue weighted by Crippen LogP contribution is 2.25. The molecule has 2 heterocycles. The molecule has 1 aliphatic heterocycles. The molecule has 1 fully saturated rings. The minimum Gasteiger partial charge on any atom is -0.352 e. The number of aryl methyl sites for hydroxylation is 2. The number of piperazine rings is 1. The normalized spacial score (nSPS) is 18.1. The van der Waals surface area contributed by atoms with Crippen molar-refractivity contribution in [2.75, 3.05) is 19.6 Å². The van der Waals surface area contributed by atoms with E-state index >= 15 is 0 Å². The Labute approximate surface area is 158 Å². The van der Waals surface area contributed by atoms with Crippen molar-refractivity contribution in [1.82, 2.24) is 25.1 Å². The van der Waals surface area contributed by atoms with Gasteiger partial charge in [0, 0.05) is 39.1 Å². The second kappa shape index (κ2) is 8.22. The molecule has 2 aromatic rings. The van der Waals surface area contributed by atoms with Crippen molar-refractivity contribution in [2.24, 2.45) is 12.8 Å². The number of carbonyl (C=O) groups is 2. The van der Waals surface area contributed by atoms with E-state index in [0.717, 1.165) is 23.5 Å². The number of nitrogens with zero attached hydrogens (tertiary/aromatic N) is 3. The summed E-state index contributed by atoms with van der Waals surface area (Å²) in [6, 6.07) is 6.49. The highest BCUT2D eigenvalue weighted by molar-refractivity contribution is 5.79. The van der Waals surface area contributed by atoms with Crippen molar-refractivity contribution in [3.05, 3.63) is 53.6 Å². The summed E-state index contributed by atoms with van der Waals surface area (Å²) in [5.74, 6) is 0.801. The smallest absolute Gasteiger partial charge is 0.312 e. The number of nitrogens with one attached hydrogen (secondary N) is 2. The topological polar surface area (TPSA) is 105 Å². The molecule has 0 bridgehead atoms. The largest absolute Gasteiger partial charge is 0.352 e. The van der Waals surface area contributed by atoms with E-state index in [1.54, 1.807) is 6.20 Å². The lowest BCUT2D eigenvalue weighted by molar-refractivity contribution is -0.135. The van der Waals surface area contributed by atoms with E-state index in [-0.39, 0.29) is 18.4 Å². The number of carbonyl (C=O) groups excluding carboxylic acids is 2. The third-order valence-corrected chi connectivity index (χ3v) is 4.86. The van der Waals surface area contributed by atoms with Crippen molar-refractivity contribution >= 4 is 11.9 Å². The number of primary amides is 1. The third kappa shape index (κ3) is 4.46. The average molecular weight is 370 g/mol. The van der Waals surface area contributed by atoms with Crippen LogP contribution in [-0.4, -0.2) is 46.0 Å². The van der Waals surface area contributed by atoms with Crippen LogP contribution in [0.4, 0.5) is 4.79 Å². The molecule has 1 aromatic heterocycles. The first-order valence-electron chi connectivity index (χ1n) is 9.05. The van der Waals surface area contributed by atoms with Crippen LogP contribution in [-0.2, 0) is 11.8 Å². The number of urea groups is 1. The van der Waals surface area contributed by atoms with Gasteiger partial charge in [-0.3, -0.25) is 4.79 Å². The summed E-state index contributed by atoms with van der Waals surface area (Å²) in [4.78, 5) is 30.9. The minimum absolute atomic E-state index is 0.0373. The fourth-order valence-corrected chi connectivity index (χ4v) is 3.53. The standard InChI is InChI=1S/C19H26N6O2/c1-13-4-3-5-14(10-13)15(23-19(20)27)11-17(26)25-9-6-21-12-16(25)18-22-7-8-24(18)2/h3-5,7-8,10,15-16,21H,6,9,11-12H2,1-2H3,(H3,20,23,27). The maximum absolute atomic E-state index is 13.1. The Morgan fingerprint density at radius 1 is 1.44 bits per heavy atom. The van der Waals surface area contributed by atoms with Crippen molar-refractivity contribution in [3.63, 3.8) is 0 Å². The quantitative estimate of drug-likeness (QED) is 0.730. The number of hydrogen-bond acceptors (Lipinski definition) is 4. The minimum atomic E-state index is -0.643. The van der Waals surface area contributed by atoms with Gasteiger partial charge in [0.15, 0.2) is 0 Å². The molecule has 27 heavy (non-hydrogen) atoms. The molecule has 4 N–H and O–H groups in total. The molecular formula is C19H26N6O2. The molecule has 0 spiro atoms. The molecule has 1 saturated heterocycles. The van der Waals surface area contributed by atoms with Gasteiger partial charge < -0.3 is 25.8 Å². The first kappa shape index (κ1) is 18.9. The van der Waals surface area contributed by atoms with E-state index in [1.807, 2.05) is 53.9 Å². The van der Waals surface area contributed by atoms with Crippen LogP contribution in [0.1, 0.15) is 35.5 Å². The maximum atomic E-state index is 13.1. The lowest BCUT2D eigenvalue weighted by Crippen LogP contribution is -2.50. The average Bonchev–Trinajstić information content (AvgIpc) is 3.06. The van der Waals surface area contributed by atoms with Crippen LogP contribution in [0.15, 0.2) is 36.7 Å². The summed E-state index contributed by atoms with van der Waals surface area (Å²) in [6.45, 7) is 3.94. The predicted octanol–water partition coefficient (Wildman–Crippen LogP) is 1.00. The summed E-state index contributed by atoms with van der Waals surface area (Å²) in [5, 5.41) is 6.03. The van der Waals surface area contributed by atoms with Crippen molar-refractivity contribution in [3.8, 4) is 0 Å². The van der Waals surface area contributed by atoms with Gasteiger partial charge in [-0.1, -0.05) is 29.8 Å². The van der Waals surface area contributed by atoms with Crippen LogP contribution in [0.5, 0.6) is 0 Å². The lowest BCUT2D eigenvalue weighted by atomic mass is 10.00. The van der Waals surface area contributed by atoms with Crippen molar-refractivity contribution < 1.29 is 9.59 Å². The number of nitrogens with two attached hydrogens (primary N) is 1. The van der Waals surface area contributed by atoms with Crippen LogP contribution in [0.25, 0.3) is 0 Å². The molecular weight excluding hydrogens is 344 g/mol. The number of aromatic nitrogens is 2. The molecule has 144 valence electrons. The second-order valence-electron chi connectivity index (χ2n) is 6.88. The SMILES string of the molecule is Cc1cccc(C(CC(=O)N2CCNCC2c2nccn2C)NC(N)=O)c1. The van der Waals surface area contributed by atoms with E-state index in [1.165, 1.54) is 0 Å². The second-order valence-corrected chi connectivity index (χ2v) is 6.88. The number of rotatable bonds is 5. The molecule has 2 atom stereocenters. The molecule has 8 nitrogen and oxygen atoms in total. The Morgan fingerprint density at radius 2 is 2.26 bits per heavy atom. The Hall–Kier alpha value is -2.87. The first-order chi connectivity index (χ1) is 13.0.